The van der Waals surface area contributed by atoms with Crippen molar-refractivity contribution in [2.45, 2.75) is 92.4 Å². The van der Waals surface area contributed by atoms with Gasteiger partial charge in [0.05, 0.1) is 0 Å². The van der Waals surface area contributed by atoms with E-state index >= 15 is 0 Å². The Hall–Kier alpha value is -0.747. The number of halogens is 2. The second kappa shape index (κ2) is 12.0. The Labute approximate surface area is 247 Å². The molecule has 1 fully saturated rings. The van der Waals surface area contributed by atoms with Gasteiger partial charge in [0, 0.05) is 0 Å². The molecular weight excluding hydrogens is 558 g/mol. The van der Waals surface area contributed by atoms with Crippen LogP contribution in [0.4, 0.5) is 0 Å². The molecule has 0 aliphatic heterocycles. The number of hydrogen-bond donors (Lipinski definition) is 0. The summed E-state index contributed by atoms with van der Waals surface area (Å²) >= 11 is 1.69. The zero-order valence-electron chi connectivity index (χ0n) is 23.2. The Kier molecular flexibility index (Phi) is 10.5. The van der Waals surface area contributed by atoms with Crippen LogP contribution in [0.25, 0.3) is 11.6 Å². The summed E-state index contributed by atoms with van der Waals surface area (Å²) in [4.78, 5) is 0. The first kappa shape index (κ1) is 31.5. The van der Waals surface area contributed by atoms with Gasteiger partial charge in [0.25, 0.3) is 0 Å². The third-order valence-electron chi connectivity index (χ3n) is 7.91. The third-order valence-corrected chi connectivity index (χ3v) is 9.14. The first-order chi connectivity index (χ1) is 15.9. The summed E-state index contributed by atoms with van der Waals surface area (Å²) in [5.41, 5.74) is 6.97. The Morgan fingerprint density at radius 3 is 2.08 bits per heavy atom. The standard InChI is InChI=1S/C27H31.C6H10.2ClH.Zr/c1-18-9-8-10-24(18)27(26(5,6)7)14-13-23-20(17-27)15-19-16-21(25(2,3)4)11-12-22(19)23;1-2-4-6-5-3-1;;;/h8-9,11-16H,10H2,1-7H3;1-5H2;2*1H;/q-1;;;;. The monoisotopic (exact) mass is 599 g/mol. The zero-order chi connectivity index (χ0) is 24.7. The van der Waals surface area contributed by atoms with Crippen LogP contribution >= 0.6 is 24.8 Å². The van der Waals surface area contributed by atoms with E-state index < -0.39 is 0 Å². The summed E-state index contributed by atoms with van der Waals surface area (Å²) in [5.74, 6) is 0. The van der Waals surface area contributed by atoms with Gasteiger partial charge in [-0.3, -0.25) is 0 Å². The average molecular weight is 602 g/mol. The second-order valence-corrected chi connectivity index (χ2v) is 14.2. The Bertz CT molecular complexity index is 1230. The normalized spacial score (nSPS) is 22.4. The summed E-state index contributed by atoms with van der Waals surface area (Å²) in [5, 5.41) is 2.68. The van der Waals surface area contributed by atoms with E-state index in [2.05, 4.69) is 103 Å². The summed E-state index contributed by atoms with van der Waals surface area (Å²) < 4.78 is 1.80. The van der Waals surface area contributed by atoms with Crippen LogP contribution in [0.1, 0.15) is 92.6 Å². The van der Waals surface area contributed by atoms with Gasteiger partial charge < -0.3 is 0 Å². The average Bonchev–Trinajstić information content (AvgIpc) is 3.35. The molecule has 1 aromatic carbocycles. The molecule has 0 bridgehead atoms. The predicted molar refractivity (Wildman–Crippen MR) is 159 cm³/mol. The predicted octanol–water partition coefficient (Wildman–Crippen LogP) is 8.05. The van der Waals surface area contributed by atoms with Crippen LogP contribution < -0.4 is 10.4 Å². The molecule has 1 saturated carbocycles. The van der Waals surface area contributed by atoms with Crippen LogP contribution in [0.15, 0.2) is 59.2 Å². The Morgan fingerprint density at radius 2 is 1.58 bits per heavy atom. The molecule has 1 atom stereocenters. The van der Waals surface area contributed by atoms with Gasteiger partial charge in [0.15, 0.2) is 0 Å². The quantitative estimate of drug-likeness (QED) is 0.286. The van der Waals surface area contributed by atoms with Crippen molar-refractivity contribution in [3.63, 3.8) is 0 Å². The second-order valence-electron chi connectivity index (χ2n) is 12.5. The van der Waals surface area contributed by atoms with Gasteiger partial charge in [-0.05, 0) is 35.2 Å². The Balaban J connectivity index is 0.000000441. The molecule has 5 rings (SSSR count). The van der Waals surface area contributed by atoms with E-state index in [9.17, 15) is 0 Å². The summed E-state index contributed by atoms with van der Waals surface area (Å²) in [6.07, 6.45) is 24.0. The van der Waals surface area contributed by atoms with E-state index in [1.165, 1.54) is 70.4 Å². The number of benzene rings is 1. The molecular formula is C33H43Cl2Zr-. The van der Waals surface area contributed by atoms with E-state index in [4.69, 9.17) is 0 Å². The molecule has 3 heteroatoms. The molecule has 0 radical (unpaired) electrons. The maximum atomic E-state index is 3.99. The van der Waals surface area contributed by atoms with Crippen LogP contribution in [-0.2, 0) is 29.7 Å². The van der Waals surface area contributed by atoms with Crippen molar-refractivity contribution in [3.05, 3.63) is 81.3 Å². The number of hydrogen-bond acceptors (Lipinski definition) is 0. The number of allylic oxidation sites excluding steroid dienone is 8. The van der Waals surface area contributed by atoms with Crippen LogP contribution in [-0.4, -0.2) is 3.21 Å². The van der Waals surface area contributed by atoms with Gasteiger partial charge in [-0.15, -0.1) is 36.5 Å². The zero-order valence-corrected chi connectivity index (χ0v) is 27.3. The molecule has 4 aliphatic carbocycles. The van der Waals surface area contributed by atoms with Crippen LogP contribution in [0.2, 0.25) is 0 Å². The summed E-state index contributed by atoms with van der Waals surface area (Å²) in [7, 11) is 0. The summed E-state index contributed by atoms with van der Waals surface area (Å²) in [6, 6.07) is 6.95. The van der Waals surface area contributed by atoms with Crippen molar-refractivity contribution >= 4 is 39.7 Å². The fourth-order valence-corrected chi connectivity index (χ4v) is 6.52. The molecule has 36 heavy (non-hydrogen) atoms. The first-order valence-electron chi connectivity index (χ1n) is 13.1. The van der Waals surface area contributed by atoms with Crippen LogP contribution in [0.5, 0.6) is 0 Å². The van der Waals surface area contributed by atoms with Crippen molar-refractivity contribution in [2.75, 3.05) is 0 Å². The summed E-state index contributed by atoms with van der Waals surface area (Å²) in [6.45, 7) is 16.1. The maximum absolute atomic E-state index is 3.99. The fraction of sp³-hybridized carbons (Fsp3) is 0.485. The van der Waals surface area contributed by atoms with Crippen molar-refractivity contribution in [2.24, 2.45) is 10.8 Å². The molecule has 1 aromatic rings. The van der Waals surface area contributed by atoms with E-state index in [0.29, 0.717) is 0 Å². The van der Waals surface area contributed by atoms with Crippen LogP contribution in [0.3, 0.4) is 0 Å². The van der Waals surface area contributed by atoms with E-state index in [1.54, 1.807) is 27.4 Å². The van der Waals surface area contributed by atoms with Crippen molar-refractivity contribution < 1.29 is 24.2 Å². The van der Waals surface area contributed by atoms with Gasteiger partial charge in [0.1, 0.15) is 0 Å². The van der Waals surface area contributed by atoms with Crippen molar-refractivity contribution in [3.8, 4) is 0 Å². The Morgan fingerprint density at radius 1 is 0.917 bits per heavy atom. The van der Waals surface area contributed by atoms with Crippen LogP contribution in [0, 0.1) is 16.9 Å². The van der Waals surface area contributed by atoms with E-state index in [-0.39, 0.29) is 41.1 Å². The minimum absolute atomic E-state index is 0. The van der Waals surface area contributed by atoms with E-state index in [0.717, 1.165) is 6.42 Å². The number of rotatable bonds is 1. The SMILES string of the molecule is CC1=C(C2(C(C)(C)C)[C-]=C3C=c4cc(C(C)(C)C)ccc4=C3C=C2)CC=C1.Cl.Cl.[Zr]=[C]1CCCCC1. The molecule has 0 heterocycles. The van der Waals surface area contributed by atoms with Gasteiger partial charge in [0.2, 0.25) is 0 Å². The van der Waals surface area contributed by atoms with E-state index in [1.807, 2.05) is 0 Å². The van der Waals surface area contributed by atoms with Gasteiger partial charge in [-0.2, -0.15) is 17.7 Å². The molecule has 4 aliphatic rings. The molecule has 0 saturated heterocycles. The molecule has 0 N–H and O–H groups in total. The van der Waals surface area contributed by atoms with Crippen molar-refractivity contribution in [1.82, 2.24) is 0 Å². The molecule has 0 nitrogen and oxygen atoms in total. The fourth-order valence-electron chi connectivity index (χ4n) is 5.65. The van der Waals surface area contributed by atoms with Crippen molar-refractivity contribution in [1.29, 1.82) is 0 Å². The first-order valence-corrected chi connectivity index (χ1v) is 14.3. The topological polar surface area (TPSA) is 0 Å². The molecule has 194 valence electrons. The van der Waals surface area contributed by atoms with Gasteiger partial charge in [-0.1, -0.05) is 99.6 Å². The molecule has 0 aromatic heterocycles. The number of fused-ring (bicyclic) bond motifs is 2. The van der Waals surface area contributed by atoms with Gasteiger partial charge >= 0.3 is 59.5 Å². The molecule has 0 spiro atoms. The molecule has 0 amide bonds. The molecule has 1 unspecified atom stereocenters. The van der Waals surface area contributed by atoms with Gasteiger partial charge in [-0.25, -0.2) is 0 Å². The minimum atomic E-state index is -0.148. The third kappa shape index (κ3) is 6.27.